The van der Waals surface area contributed by atoms with Gasteiger partial charge in [0.1, 0.15) is 11.6 Å². The van der Waals surface area contributed by atoms with Gasteiger partial charge in [-0.15, -0.1) is 0 Å². The van der Waals surface area contributed by atoms with E-state index in [2.05, 4.69) is 23.6 Å². The van der Waals surface area contributed by atoms with Crippen LogP contribution in [0.15, 0.2) is 54.6 Å². The third-order valence-electron chi connectivity index (χ3n) is 7.47. The number of piperidine rings is 1. The Bertz CT molecular complexity index is 1510. The van der Waals surface area contributed by atoms with Crippen molar-refractivity contribution in [2.75, 3.05) is 20.3 Å². The van der Waals surface area contributed by atoms with Crippen LogP contribution in [-0.2, 0) is 4.74 Å². The monoisotopic (exact) mass is 525 g/mol. The van der Waals surface area contributed by atoms with E-state index < -0.39 is 0 Å². The number of carbonyl (C=O) groups excluding carboxylic acids is 2. The molecule has 7 nitrogen and oxygen atoms in total. The molecule has 0 spiro atoms. The van der Waals surface area contributed by atoms with Gasteiger partial charge in [0.25, 0.3) is 5.91 Å². The number of esters is 1. The highest BCUT2D eigenvalue weighted by Crippen LogP contribution is 2.36. The Morgan fingerprint density at radius 3 is 2.36 bits per heavy atom. The lowest BCUT2D eigenvalue weighted by Crippen LogP contribution is -2.40. The quantitative estimate of drug-likeness (QED) is 0.269. The maximum Gasteiger partial charge on any atom is 0.338 e. The van der Waals surface area contributed by atoms with E-state index in [0.29, 0.717) is 24.2 Å². The predicted octanol–water partition coefficient (Wildman–Crippen LogP) is 6.50. The number of aromatic nitrogens is 2. The van der Waals surface area contributed by atoms with Gasteiger partial charge in [-0.2, -0.15) is 0 Å². The minimum absolute atomic E-state index is 0.0373. The first-order valence-electron chi connectivity index (χ1n) is 13.5. The highest BCUT2D eigenvalue weighted by atomic mass is 16.5. The predicted molar refractivity (Wildman–Crippen MR) is 152 cm³/mol. The molecule has 1 amide bonds. The van der Waals surface area contributed by atoms with Crippen LogP contribution in [0.25, 0.3) is 16.7 Å². The summed E-state index contributed by atoms with van der Waals surface area (Å²) >= 11 is 0. The average Bonchev–Trinajstić information content (AvgIpc) is 3.31. The summed E-state index contributed by atoms with van der Waals surface area (Å²) in [5.41, 5.74) is 6.82. The fraction of sp³-hybridized carbons (Fsp3) is 0.344. The number of imidazole rings is 1. The molecule has 0 saturated carbocycles. The van der Waals surface area contributed by atoms with Gasteiger partial charge in [0.15, 0.2) is 0 Å². The van der Waals surface area contributed by atoms with Gasteiger partial charge in [0, 0.05) is 17.8 Å². The standard InChI is InChI=1S/C32H35N3O4/c1-6-39-32(37)23-10-15-27-26(19-23)33-30(35(27)24-11-13-25(38-5)14-12-24)28-9-7-8-16-34(28)31(36)29-21(3)17-20(2)18-22(29)4/h10-15,17-19,28H,6-9,16H2,1-5H3. The van der Waals surface area contributed by atoms with Gasteiger partial charge in [0.05, 0.1) is 36.4 Å². The third-order valence-corrected chi connectivity index (χ3v) is 7.47. The Balaban J connectivity index is 1.66. The molecule has 39 heavy (non-hydrogen) atoms. The van der Waals surface area contributed by atoms with Gasteiger partial charge < -0.3 is 14.4 Å². The molecule has 1 saturated heterocycles. The topological polar surface area (TPSA) is 73.7 Å². The van der Waals surface area contributed by atoms with Crippen LogP contribution in [-0.4, -0.2) is 46.6 Å². The second-order valence-corrected chi connectivity index (χ2v) is 10.2. The van der Waals surface area contributed by atoms with E-state index in [9.17, 15) is 9.59 Å². The molecule has 1 aromatic heterocycles. The number of benzene rings is 3. The lowest BCUT2D eigenvalue weighted by atomic mass is 9.95. The Hall–Kier alpha value is -4.13. The molecular formula is C32H35N3O4. The molecule has 0 radical (unpaired) electrons. The summed E-state index contributed by atoms with van der Waals surface area (Å²) in [6, 6.07) is 17.2. The average molecular weight is 526 g/mol. The fourth-order valence-corrected chi connectivity index (χ4v) is 5.77. The second kappa shape index (κ2) is 10.9. The molecule has 2 heterocycles. The summed E-state index contributed by atoms with van der Waals surface area (Å²) in [6.07, 6.45) is 2.75. The van der Waals surface area contributed by atoms with Crippen LogP contribution in [0, 0.1) is 20.8 Å². The van der Waals surface area contributed by atoms with Crippen molar-refractivity contribution < 1.29 is 19.1 Å². The molecule has 1 atom stereocenters. The lowest BCUT2D eigenvalue weighted by molar-refractivity contribution is 0.0525. The molecule has 3 aromatic carbocycles. The minimum Gasteiger partial charge on any atom is -0.497 e. The smallest absolute Gasteiger partial charge is 0.338 e. The van der Waals surface area contributed by atoms with E-state index in [1.807, 2.05) is 49.1 Å². The zero-order valence-electron chi connectivity index (χ0n) is 23.3. The molecule has 0 N–H and O–H groups in total. The highest BCUT2D eigenvalue weighted by Gasteiger charge is 2.34. The number of rotatable bonds is 6. The third kappa shape index (κ3) is 5.01. The number of amides is 1. The summed E-state index contributed by atoms with van der Waals surface area (Å²) in [7, 11) is 1.64. The highest BCUT2D eigenvalue weighted by molar-refractivity contribution is 5.98. The van der Waals surface area contributed by atoms with Crippen molar-refractivity contribution in [2.24, 2.45) is 0 Å². The molecule has 1 aliphatic heterocycles. The molecule has 0 aliphatic carbocycles. The summed E-state index contributed by atoms with van der Waals surface area (Å²) < 4.78 is 12.7. The molecule has 5 rings (SSSR count). The van der Waals surface area contributed by atoms with Gasteiger partial charge in [-0.1, -0.05) is 17.7 Å². The second-order valence-electron chi connectivity index (χ2n) is 10.2. The summed E-state index contributed by atoms with van der Waals surface area (Å²) in [4.78, 5) is 33.7. The summed E-state index contributed by atoms with van der Waals surface area (Å²) in [5, 5.41) is 0. The number of fused-ring (bicyclic) bond motifs is 1. The first-order valence-corrected chi connectivity index (χ1v) is 13.5. The van der Waals surface area contributed by atoms with Gasteiger partial charge >= 0.3 is 5.97 Å². The fourth-order valence-electron chi connectivity index (χ4n) is 5.77. The molecule has 1 aliphatic rings. The van der Waals surface area contributed by atoms with Gasteiger partial charge in [-0.05, 0) is 101 Å². The van der Waals surface area contributed by atoms with Crippen LogP contribution in [0.5, 0.6) is 5.75 Å². The van der Waals surface area contributed by atoms with Gasteiger partial charge in [0.2, 0.25) is 0 Å². The van der Waals surface area contributed by atoms with Crippen molar-refractivity contribution in [2.45, 2.75) is 53.0 Å². The molecule has 4 aromatic rings. The van der Waals surface area contributed by atoms with E-state index in [0.717, 1.165) is 64.3 Å². The Morgan fingerprint density at radius 1 is 0.974 bits per heavy atom. The van der Waals surface area contributed by atoms with E-state index in [1.54, 1.807) is 26.2 Å². The maximum absolute atomic E-state index is 14.1. The van der Waals surface area contributed by atoms with Crippen LogP contribution in [0.4, 0.5) is 0 Å². The van der Waals surface area contributed by atoms with Crippen molar-refractivity contribution >= 4 is 22.9 Å². The van der Waals surface area contributed by atoms with Crippen molar-refractivity contribution in [1.29, 1.82) is 0 Å². The number of carbonyl (C=O) groups is 2. The molecule has 7 heteroatoms. The molecular weight excluding hydrogens is 490 g/mol. The van der Waals surface area contributed by atoms with E-state index in [-0.39, 0.29) is 17.9 Å². The number of nitrogens with zero attached hydrogens (tertiary/aromatic N) is 3. The van der Waals surface area contributed by atoms with Gasteiger partial charge in [-0.25, -0.2) is 9.78 Å². The first kappa shape index (κ1) is 26.5. The van der Waals surface area contributed by atoms with E-state index >= 15 is 0 Å². The number of ether oxygens (including phenoxy) is 2. The number of methoxy groups -OCH3 is 1. The Kier molecular flexibility index (Phi) is 7.42. The van der Waals surface area contributed by atoms with Crippen molar-refractivity contribution in [3.05, 3.63) is 88.2 Å². The zero-order chi connectivity index (χ0) is 27.7. The SMILES string of the molecule is CCOC(=O)c1ccc2c(c1)nc(C1CCCCN1C(=O)c1c(C)cc(C)cc1C)n2-c1ccc(OC)cc1. The maximum atomic E-state index is 14.1. The number of hydrogen-bond donors (Lipinski definition) is 0. The van der Waals surface area contributed by atoms with Gasteiger partial charge in [-0.3, -0.25) is 9.36 Å². The summed E-state index contributed by atoms with van der Waals surface area (Å²) in [5.74, 6) is 1.20. The van der Waals surface area contributed by atoms with Crippen LogP contribution in [0.3, 0.4) is 0 Å². The van der Waals surface area contributed by atoms with E-state index in [4.69, 9.17) is 14.5 Å². The zero-order valence-corrected chi connectivity index (χ0v) is 23.3. The van der Waals surface area contributed by atoms with Crippen LogP contribution < -0.4 is 4.74 Å². The number of hydrogen-bond acceptors (Lipinski definition) is 5. The molecule has 202 valence electrons. The first-order chi connectivity index (χ1) is 18.8. The molecule has 0 bridgehead atoms. The summed E-state index contributed by atoms with van der Waals surface area (Å²) in [6.45, 7) is 8.83. The van der Waals surface area contributed by atoms with E-state index in [1.165, 1.54) is 0 Å². The number of likely N-dealkylation sites (tertiary alicyclic amines) is 1. The van der Waals surface area contributed by atoms with Crippen molar-refractivity contribution in [1.82, 2.24) is 14.5 Å². The normalized spacial score (nSPS) is 15.4. The van der Waals surface area contributed by atoms with Crippen LogP contribution in [0.2, 0.25) is 0 Å². The largest absolute Gasteiger partial charge is 0.497 e. The van der Waals surface area contributed by atoms with Crippen molar-refractivity contribution in [3.63, 3.8) is 0 Å². The molecule has 1 fully saturated rings. The van der Waals surface area contributed by atoms with Crippen LogP contribution in [0.1, 0.15) is 75.5 Å². The lowest BCUT2D eigenvalue weighted by Gasteiger charge is -2.36. The number of aryl methyl sites for hydroxylation is 3. The van der Waals surface area contributed by atoms with Crippen molar-refractivity contribution in [3.8, 4) is 11.4 Å². The Morgan fingerprint density at radius 2 is 1.69 bits per heavy atom. The minimum atomic E-state index is -0.375. The molecule has 1 unspecified atom stereocenters. The van der Waals surface area contributed by atoms with Crippen LogP contribution >= 0.6 is 0 Å². The Labute approximate surface area is 229 Å².